The van der Waals surface area contributed by atoms with Crippen LogP contribution in [0.5, 0.6) is 0 Å². The molecule has 0 fully saturated rings. The largest absolute Gasteiger partial charge is 0.275 e. The highest BCUT2D eigenvalue weighted by molar-refractivity contribution is 5.54. The molecule has 3 nitrogen and oxygen atoms in total. The molecule has 0 unspecified atom stereocenters. The van der Waals surface area contributed by atoms with Gasteiger partial charge in [-0.2, -0.15) is 0 Å². The Morgan fingerprint density at radius 1 is 1.18 bits per heavy atom. The first-order valence-corrected chi connectivity index (χ1v) is 3.30. The fourth-order valence-corrected chi connectivity index (χ4v) is 0.639. The van der Waals surface area contributed by atoms with Crippen LogP contribution in [0.3, 0.4) is 0 Å². The summed E-state index contributed by atoms with van der Waals surface area (Å²) < 4.78 is 0. The van der Waals surface area contributed by atoms with Crippen LogP contribution in [0.15, 0.2) is 45.6 Å². The summed E-state index contributed by atoms with van der Waals surface area (Å²) in [5.41, 5.74) is 0.840. The number of hydrogen-bond donors (Lipinski definition) is 0. The number of rotatable bonds is 2. The molecule has 0 bridgehead atoms. The Morgan fingerprint density at radius 2 is 1.91 bits per heavy atom. The van der Waals surface area contributed by atoms with Crippen molar-refractivity contribution in [3.8, 4) is 0 Å². The van der Waals surface area contributed by atoms with Crippen molar-refractivity contribution in [2.24, 2.45) is 15.2 Å². The minimum absolute atomic E-state index is 0.840. The van der Waals surface area contributed by atoms with Gasteiger partial charge in [-0.25, -0.2) is 0 Å². The van der Waals surface area contributed by atoms with Crippen molar-refractivity contribution >= 4 is 12.0 Å². The lowest BCUT2D eigenvalue weighted by molar-refractivity contribution is 1.28. The van der Waals surface area contributed by atoms with Crippen molar-refractivity contribution in [1.82, 2.24) is 0 Å². The SMILES string of the molecule is CN=CN=Nc1ccccc1. The molecule has 0 radical (unpaired) electrons. The van der Waals surface area contributed by atoms with Crippen molar-refractivity contribution < 1.29 is 0 Å². The average molecular weight is 147 g/mol. The lowest BCUT2D eigenvalue weighted by Gasteiger charge is -1.85. The molecule has 1 rings (SSSR count). The van der Waals surface area contributed by atoms with Crippen LogP contribution in [0.25, 0.3) is 0 Å². The quantitative estimate of drug-likeness (QED) is 0.350. The molecule has 3 heteroatoms. The molecule has 0 saturated heterocycles. The van der Waals surface area contributed by atoms with E-state index >= 15 is 0 Å². The van der Waals surface area contributed by atoms with Crippen LogP contribution < -0.4 is 0 Å². The summed E-state index contributed by atoms with van der Waals surface area (Å²) in [5.74, 6) is 0. The third-order valence-electron chi connectivity index (χ3n) is 1.10. The third kappa shape index (κ3) is 2.71. The van der Waals surface area contributed by atoms with Crippen LogP contribution >= 0.6 is 0 Å². The standard InChI is InChI=1S/C8H9N3/c1-9-7-10-11-8-5-3-2-4-6-8/h2-7H,1H3. The Morgan fingerprint density at radius 3 is 2.55 bits per heavy atom. The first-order chi connectivity index (χ1) is 5.43. The molecule has 56 valence electrons. The maximum Gasteiger partial charge on any atom is 0.132 e. The number of benzene rings is 1. The molecule has 0 atom stereocenters. The minimum Gasteiger partial charge on any atom is -0.275 e. The molecule has 1 aromatic carbocycles. The van der Waals surface area contributed by atoms with Gasteiger partial charge in [0.15, 0.2) is 0 Å². The van der Waals surface area contributed by atoms with Crippen molar-refractivity contribution in [1.29, 1.82) is 0 Å². The van der Waals surface area contributed by atoms with E-state index in [1.54, 1.807) is 7.05 Å². The van der Waals surface area contributed by atoms with Crippen LogP contribution in [0, 0.1) is 0 Å². The van der Waals surface area contributed by atoms with E-state index in [1.165, 1.54) is 6.34 Å². The Labute approximate surface area is 65.5 Å². The maximum absolute atomic E-state index is 3.87. The molecular formula is C8H9N3. The maximum atomic E-state index is 3.87. The van der Waals surface area contributed by atoms with Gasteiger partial charge in [-0.15, -0.1) is 10.2 Å². The second-order valence-corrected chi connectivity index (χ2v) is 1.92. The summed E-state index contributed by atoms with van der Waals surface area (Å²) in [6, 6.07) is 9.53. The van der Waals surface area contributed by atoms with Crippen molar-refractivity contribution in [3.05, 3.63) is 30.3 Å². The topological polar surface area (TPSA) is 37.1 Å². The van der Waals surface area contributed by atoms with Crippen molar-refractivity contribution in [2.45, 2.75) is 0 Å². The van der Waals surface area contributed by atoms with E-state index in [-0.39, 0.29) is 0 Å². The minimum atomic E-state index is 0.840. The highest BCUT2D eigenvalue weighted by Crippen LogP contribution is 2.08. The molecule has 0 amide bonds. The van der Waals surface area contributed by atoms with Gasteiger partial charge < -0.3 is 0 Å². The van der Waals surface area contributed by atoms with Gasteiger partial charge in [0, 0.05) is 7.05 Å². The summed E-state index contributed by atoms with van der Waals surface area (Å²) in [6.07, 6.45) is 1.41. The molecule has 1 aromatic rings. The van der Waals surface area contributed by atoms with Gasteiger partial charge in [0.05, 0.1) is 5.69 Å². The van der Waals surface area contributed by atoms with E-state index in [0.717, 1.165) is 5.69 Å². The number of nitrogens with zero attached hydrogens (tertiary/aromatic N) is 3. The molecule has 0 aliphatic heterocycles. The molecule has 0 aliphatic rings. The normalized spacial score (nSPS) is 11.4. The molecule has 0 heterocycles. The first kappa shape index (κ1) is 7.60. The zero-order valence-electron chi connectivity index (χ0n) is 6.31. The van der Waals surface area contributed by atoms with Crippen LogP contribution in [0.2, 0.25) is 0 Å². The van der Waals surface area contributed by atoms with Crippen LogP contribution in [-0.2, 0) is 0 Å². The summed E-state index contributed by atoms with van der Waals surface area (Å²) >= 11 is 0. The smallest absolute Gasteiger partial charge is 0.132 e. The Balaban J connectivity index is 2.64. The van der Waals surface area contributed by atoms with E-state index in [0.29, 0.717) is 0 Å². The number of azo groups is 1. The monoisotopic (exact) mass is 147 g/mol. The van der Waals surface area contributed by atoms with E-state index < -0.39 is 0 Å². The van der Waals surface area contributed by atoms with Crippen LogP contribution in [0.4, 0.5) is 5.69 Å². The highest BCUT2D eigenvalue weighted by Gasteiger charge is 1.81. The molecule has 0 spiro atoms. The van der Waals surface area contributed by atoms with Gasteiger partial charge in [-0.05, 0) is 12.1 Å². The predicted molar refractivity (Wildman–Crippen MR) is 45.4 cm³/mol. The van der Waals surface area contributed by atoms with E-state index in [4.69, 9.17) is 0 Å². The molecular weight excluding hydrogens is 138 g/mol. The molecule has 0 N–H and O–H groups in total. The third-order valence-corrected chi connectivity index (χ3v) is 1.10. The van der Waals surface area contributed by atoms with Crippen molar-refractivity contribution in [2.75, 3.05) is 7.05 Å². The van der Waals surface area contributed by atoms with Gasteiger partial charge in [0.1, 0.15) is 6.34 Å². The molecule has 0 saturated carbocycles. The van der Waals surface area contributed by atoms with Crippen LogP contribution in [-0.4, -0.2) is 13.4 Å². The second-order valence-electron chi connectivity index (χ2n) is 1.92. The predicted octanol–water partition coefficient (Wildman–Crippen LogP) is 2.43. The summed E-state index contributed by atoms with van der Waals surface area (Å²) in [7, 11) is 1.66. The molecule has 0 aromatic heterocycles. The average Bonchev–Trinajstić information content (AvgIpc) is 2.07. The highest BCUT2D eigenvalue weighted by atomic mass is 15.1. The van der Waals surface area contributed by atoms with Crippen LogP contribution in [0.1, 0.15) is 0 Å². The Bertz CT molecular complexity index is 251. The second kappa shape index (κ2) is 4.33. The van der Waals surface area contributed by atoms with Gasteiger partial charge in [-0.3, -0.25) is 4.99 Å². The van der Waals surface area contributed by atoms with Gasteiger partial charge >= 0.3 is 0 Å². The van der Waals surface area contributed by atoms with Gasteiger partial charge in [0.2, 0.25) is 0 Å². The van der Waals surface area contributed by atoms with E-state index in [9.17, 15) is 0 Å². The fraction of sp³-hybridized carbons (Fsp3) is 0.125. The zero-order chi connectivity index (χ0) is 7.94. The first-order valence-electron chi connectivity index (χ1n) is 3.30. The number of hydrogen-bond acceptors (Lipinski definition) is 2. The molecule has 0 aliphatic carbocycles. The number of aliphatic imine (C=N–C) groups is 1. The summed E-state index contributed by atoms with van der Waals surface area (Å²) in [4.78, 5) is 3.67. The lowest BCUT2D eigenvalue weighted by atomic mass is 10.3. The van der Waals surface area contributed by atoms with Crippen molar-refractivity contribution in [3.63, 3.8) is 0 Å². The summed E-state index contributed by atoms with van der Waals surface area (Å²) in [5, 5.41) is 7.57. The fourth-order valence-electron chi connectivity index (χ4n) is 0.639. The Kier molecular flexibility index (Phi) is 2.99. The van der Waals surface area contributed by atoms with E-state index in [1.807, 2.05) is 30.3 Å². The summed E-state index contributed by atoms with van der Waals surface area (Å²) in [6.45, 7) is 0. The van der Waals surface area contributed by atoms with E-state index in [2.05, 4.69) is 15.2 Å². The van der Waals surface area contributed by atoms with Gasteiger partial charge in [-0.1, -0.05) is 18.2 Å². The lowest BCUT2D eigenvalue weighted by Crippen LogP contribution is -1.62. The van der Waals surface area contributed by atoms with Gasteiger partial charge in [0.25, 0.3) is 0 Å². The Hall–Kier alpha value is -1.51. The molecule has 11 heavy (non-hydrogen) atoms. The zero-order valence-corrected chi connectivity index (χ0v) is 6.31.